The summed E-state index contributed by atoms with van der Waals surface area (Å²) in [6.45, 7) is 2.79. The zero-order valence-electron chi connectivity index (χ0n) is 12.5. The number of amides is 1. The highest BCUT2D eigenvalue weighted by molar-refractivity contribution is 7.89. The third-order valence-corrected chi connectivity index (χ3v) is 6.11. The SMILES string of the molecule is CCS(=O)(=O)N1C[C@@H]2[C@@H](C1)OCC(=O)N2Cc1ccccc1. The van der Waals surface area contributed by atoms with Crippen molar-refractivity contribution in [3.63, 3.8) is 0 Å². The minimum Gasteiger partial charge on any atom is -0.365 e. The molecule has 0 radical (unpaired) electrons. The maximum atomic E-state index is 12.2. The molecular weight excluding hydrogens is 304 g/mol. The molecule has 1 aromatic carbocycles. The van der Waals surface area contributed by atoms with Crippen molar-refractivity contribution in [2.45, 2.75) is 25.6 Å². The highest BCUT2D eigenvalue weighted by atomic mass is 32.2. The molecule has 2 saturated heterocycles. The molecule has 3 rings (SSSR count). The first-order valence-electron chi connectivity index (χ1n) is 7.44. The topological polar surface area (TPSA) is 66.9 Å². The van der Waals surface area contributed by atoms with Crippen LogP contribution in [-0.2, 0) is 26.1 Å². The Hall–Kier alpha value is -1.44. The number of hydrogen-bond donors (Lipinski definition) is 0. The molecular formula is C15H20N2O4S. The van der Waals surface area contributed by atoms with E-state index in [4.69, 9.17) is 4.74 Å². The van der Waals surface area contributed by atoms with Crippen LogP contribution in [0.5, 0.6) is 0 Å². The molecule has 2 heterocycles. The average Bonchev–Trinajstić information content (AvgIpc) is 2.96. The van der Waals surface area contributed by atoms with Gasteiger partial charge in [0.2, 0.25) is 15.9 Å². The van der Waals surface area contributed by atoms with Crippen molar-refractivity contribution in [3.8, 4) is 0 Å². The maximum absolute atomic E-state index is 12.2. The lowest BCUT2D eigenvalue weighted by Gasteiger charge is -2.36. The van der Waals surface area contributed by atoms with Crippen LogP contribution < -0.4 is 0 Å². The van der Waals surface area contributed by atoms with Gasteiger partial charge in [0, 0.05) is 19.6 Å². The number of morpholine rings is 1. The molecule has 0 saturated carbocycles. The van der Waals surface area contributed by atoms with Gasteiger partial charge in [-0.15, -0.1) is 0 Å². The van der Waals surface area contributed by atoms with E-state index in [-0.39, 0.29) is 30.4 Å². The van der Waals surface area contributed by atoms with Crippen molar-refractivity contribution in [2.75, 3.05) is 25.4 Å². The largest absolute Gasteiger partial charge is 0.365 e. The summed E-state index contributed by atoms with van der Waals surface area (Å²) in [5, 5.41) is 0. The van der Waals surface area contributed by atoms with Crippen molar-refractivity contribution in [1.29, 1.82) is 0 Å². The highest BCUT2D eigenvalue weighted by Crippen LogP contribution is 2.27. The van der Waals surface area contributed by atoms with E-state index >= 15 is 0 Å². The fourth-order valence-electron chi connectivity index (χ4n) is 3.03. The zero-order chi connectivity index (χ0) is 15.7. The monoisotopic (exact) mass is 324 g/mol. The van der Waals surface area contributed by atoms with Crippen LogP contribution >= 0.6 is 0 Å². The number of carbonyl (C=O) groups is 1. The summed E-state index contributed by atoms with van der Waals surface area (Å²) in [4.78, 5) is 14.0. The zero-order valence-corrected chi connectivity index (χ0v) is 13.3. The molecule has 2 aliphatic heterocycles. The number of carbonyl (C=O) groups excluding carboxylic acids is 1. The van der Waals surface area contributed by atoms with Gasteiger partial charge in [0.25, 0.3) is 0 Å². The van der Waals surface area contributed by atoms with E-state index in [1.807, 2.05) is 30.3 Å². The lowest BCUT2D eigenvalue weighted by molar-refractivity contribution is -0.153. The lowest BCUT2D eigenvalue weighted by Crippen LogP contribution is -2.53. The standard InChI is InChI=1S/C15H20N2O4S/c1-2-22(19,20)16-9-13-14(10-16)21-11-15(18)17(13)8-12-6-4-3-5-7-12/h3-7,13-14H,2,8-11H2,1H3/t13-,14-/m1/s1. The second kappa shape index (κ2) is 5.98. The quantitative estimate of drug-likeness (QED) is 0.806. The number of fused-ring (bicyclic) bond motifs is 1. The molecule has 1 aromatic rings. The van der Waals surface area contributed by atoms with Crippen molar-refractivity contribution >= 4 is 15.9 Å². The van der Waals surface area contributed by atoms with Gasteiger partial charge >= 0.3 is 0 Å². The molecule has 0 bridgehead atoms. The predicted octanol–water partition coefficient (Wildman–Crippen LogP) is 0.448. The van der Waals surface area contributed by atoms with Crippen LogP contribution in [0.15, 0.2) is 30.3 Å². The molecule has 2 aliphatic rings. The summed E-state index contributed by atoms with van der Waals surface area (Å²) in [5.74, 6) is -0.0140. The van der Waals surface area contributed by atoms with Crippen molar-refractivity contribution in [1.82, 2.24) is 9.21 Å². The second-order valence-corrected chi connectivity index (χ2v) is 7.90. The molecule has 0 spiro atoms. The van der Waals surface area contributed by atoms with Gasteiger partial charge in [-0.25, -0.2) is 8.42 Å². The lowest BCUT2D eigenvalue weighted by atomic mass is 10.1. The summed E-state index contributed by atoms with van der Waals surface area (Å²) in [6.07, 6.45) is -0.234. The Kier molecular flexibility index (Phi) is 4.20. The number of hydrogen-bond acceptors (Lipinski definition) is 4. The molecule has 0 unspecified atom stereocenters. The van der Waals surface area contributed by atoms with Gasteiger partial charge in [0.1, 0.15) is 6.61 Å². The first kappa shape index (κ1) is 15.5. The molecule has 0 aromatic heterocycles. The Morgan fingerprint density at radius 1 is 1.23 bits per heavy atom. The number of rotatable bonds is 4. The molecule has 6 nitrogen and oxygen atoms in total. The van der Waals surface area contributed by atoms with E-state index in [9.17, 15) is 13.2 Å². The molecule has 1 amide bonds. The number of nitrogens with zero attached hydrogens (tertiary/aromatic N) is 2. The van der Waals surface area contributed by atoms with Gasteiger partial charge in [0.15, 0.2) is 0 Å². The molecule has 7 heteroatoms. The van der Waals surface area contributed by atoms with Crippen LogP contribution in [0.1, 0.15) is 12.5 Å². The van der Waals surface area contributed by atoms with E-state index in [0.717, 1.165) is 5.56 Å². The fourth-order valence-corrected chi connectivity index (χ4v) is 4.15. The van der Waals surface area contributed by atoms with Gasteiger partial charge in [-0.3, -0.25) is 4.79 Å². The smallest absolute Gasteiger partial charge is 0.249 e. The summed E-state index contributed by atoms with van der Waals surface area (Å²) in [7, 11) is -3.25. The highest BCUT2D eigenvalue weighted by Gasteiger charge is 2.46. The maximum Gasteiger partial charge on any atom is 0.249 e. The van der Waals surface area contributed by atoms with Gasteiger partial charge in [-0.1, -0.05) is 30.3 Å². The summed E-state index contributed by atoms with van der Waals surface area (Å²) < 4.78 is 31.1. The van der Waals surface area contributed by atoms with Crippen LogP contribution in [0, 0.1) is 0 Å². The third-order valence-electron chi connectivity index (χ3n) is 4.30. The third kappa shape index (κ3) is 2.88. The number of ether oxygens (including phenoxy) is 1. The summed E-state index contributed by atoms with van der Waals surface area (Å²) >= 11 is 0. The van der Waals surface area contributed by atoms with Gasteiger partial charge in [0.05, 0.1) is 17.9 Å². The molecule has 22 heavy (non-hydrogen) atoms. The van der Waals surface area contributed by atoms with E-state index in [0.29, 0.717) is 19.6 Å². The Morgan fingerprint density at radius 2 is 1.95 bits per heavy atom. The Balaban J connectivity index is 1.80. The van der Waals surface area contributed by atoms with Crippen molar-refractivity contribution in [2.24, 2.45) is 0 Å². The first-order chi connectivity index (χ1) is 10.5. The number of benzene rings is 1. The molecule has 0 aliphatic carbocycles. The van der Waals surface area contributed by atoms with Crippen molar-refractivity contribution < 1.29 is 17.9 Å². The minimum absolute atomic E-state index is 0.0218. The van der Waals surface area contributed by atoms with Crippen LogP contribution in [0.3, 0.4) is 0 Å². The Bertz CT molecular complexity index is 647. The molecule has 0 N–H and O–H groups in total. The van der Waals surface area contributed by atoms with Crippen LogP contribution in [-0.4, -0.2) is 61.1 Å². The minimum atomic E-state index is -3.25. The number of sulfonamides is 1. The predicted molar refractivity (Wildman–Crippen MR) is 81.6 cm³/mol. The van der Waals surface area contributed by atoms with E-state index < -0.39 is 10.0 Å². The van der Waals surface area contributed by atoms with Crippen LogP contribution in [0.2, 0.25) is 0 Å². The average molecular weight is 324 g/mol. The fraction of sp³-hybridized carbons (Fsp3) is 0.533. The van der Waals surface area contributed by atoms with Crippen LogP contribution in [0.4, 0.5) is 0 Å². The van der Waals surface area contributed by atoms with Gasteiger partial charge < -0.3 is 9.64 Å². The van der Waals surface area contributed by atoms with E-state index in [1.54, 1.807) is 11.8 Å². The van der Waals surface area contributed by atoms with E-state index in [2.05, 4.69) is 0 Å². The first-order valence-corrected chi connectivity index (χ1v) is 9.05. The Morgan fingerprint density at radius 3 is 2.64 bits per heavy atom. The van der Waals surface area contributed by atoms with Crippen molar-refractivity contribution in [3.05, 3.63) is 35.9 Å². The summed E-state index contributed by atoms with van der Waals surface area (Å²) in [5.41, 5.74) is 1.04. The van der Waals surface area contributed by atoms with Crippen LogP contribution in [0.25, 0.3) is 0 Å². The normalized spacial score (nSPS) is 26.2. The second-order valence-electron chi connectivity index (χ2n) is 5.64. The molecule has 120 valence electrons. The molecule has 2 atom stereocenters. The van der Waals surface area contributed by atoms with Gasteiger partial charge in [-0.2, -0.15) is 4.31 Å². The molecule has 2 fully saturated rings. The Labute approximate surface area is 130 Å². The van der Waals surface area contributed by atoms with Gasteiger partial charge in [-0.05, 0) is 12.5 Å². The van der Waals surface area contributed by atoms with E-state index in [1.165, 1.54) is 4.31 Å². The summed E-state index contributed by atoms with van der Waals surface area (Å²) in [6, 6.07) is 9.52.